The van der Waals surface area contributed by atoms with Gasteiger partial charge in [-0.25, -0.2) is 0 Å². The molecule has 3 nitrogen and oxygen atoms in total. The summed E-state index contributed by atoms with van der Waals surface area (Å²) in [5, 5.41) is 3.03. The summed E-state index contributed by atoms with van der Waals surface area (Å²) >= 11 is 1.33. The van der Waals surface area contributed by atoms with Gasteiger partial charge in [0.25, 0.3) is 0 Å². The molecule has 0 saturated heterocycles. The Labute approximate surface area is 106 Å². The second-order valence-electron chi connectivity index (χ2n) is 4.77. The van der Waals surface area contributed by atoms with E-state index in [1.54, 1.807) is 6.08 Å². The van der Waals surface area contributed by atoms with Crippen LogP contribution in [0.3, 0.4) is 0 Å². The summed E-state index contributed by atoms with van der Waals surface area (Å²) in [6.07, 6.45) is 4.47. The number of ketones is 2. The number of allylic oxidation sites excluding steroid dienone is 3. The average Bonchev–Trinajstić information content (AvgIpc) is 2.19. The van der Waals surface area contributed by atoms with Gasteiger partial charge in [-0.05, 0) is 20.8 Å². The lowest BCUT2D eigenvalue weighted by atomic mass is 10.0. The summed E-state index contributed by atoms with van der Waals surface area (Å²) in [5.74, 6) is 0.357. The Balaban J connectivity index is 2.80. The highest BCUT2D eigenvalue weighted by atomic mass is 32.2. The van der Waals surface area contributed by atoms with Crippen molar-refractivity contribution in [1.29, 1.82) is 0 Å². The van der Waals surface area contributed by atoms with E-state index in [2.05, 4.69) is 11.9 Å². The Morgan fingerprint density at radius 2 is 1.94 bits per heavy atom. The van der Waals surface area contributed by atoms with Gasteiger partial charge in [0.2, 0.25) is 5.78 Å². The van der Waals surface area contributed by atoms with Gasteiger partial charge in [-0.15, -0.1) is 18.3 Å². The standard InChI is InChI=1S/C13H17NO2S/c1-5-6-17-12-8-10(15)9(7-11(12)16)14-13(2,3)4/h5,7-8,14H,1,6H2,2-4H3. The van der Waals surface area contributed by atoms with Crippen molar-refractivity contribution in [3.8, 4) is 0 Å². The van der Waals surface area contributed by atoms with Crippen molar-refractivity contribution in [3.63, 3.8) is 0 Å². The lowest BCUT2D eigenvalue weighted by Crippen LogP contribution is -2.38. The predicted octanol–water partition coefficient (Wildman–Crippen LogP) is 2.21. The Kier molecular flexibility index (Phi) is 4.34. The van der Waals surface area contributed by atoms with Gasteiger partial charge in [0.1, 0.15) is 0 Å². The number of hydrogen-bond donors (Lipinski definition) is 1. The van der Waals surface area contributed by atoms with Crippen LogP contribution in [0.4, 0.5) is 0 Å². The van der Waals surface area contributed by atoms with Gasteiger partial charge in [0.15, 0.2) is 5.78 Å². The highest BCUT2D eigenvalue weighted by molar-refractivity contribution is 8.04. The summed E-state index contributed by atoms with van der Waals surface area (Å²) < 4.78 is 0. The van der Waals surface area contributed by atoms with Crippen molar-refractivity contribution in [2.24, 2.45) is 0 Å². The Bertz CT molecular complexity index is 414. The van der Waals surface area contributed by atoms with Crippen molar-refractivity contribution >= 4 is 23.3 Å². The molecule has 0 saturated carbocycles. The second kappa shape index (κ2) is 5.36. The third-order valence-electron chi connectivity index (χ3n) is 1.91. The number of nitrogens with one attached hydrogen (secondary N) is 1. The largest absolute Gasteiger partial charge is 0.377 e. The smallest absolute Gasteiger partial charge is 0.203 e. The summed E-state index contributed by atoms with van der Waals surface area (Å²) in [6, 6.07) is 0. The zero-order valence-electron chi connectivity index (χ0n) is 10.4. The third-order valence-corrected chi connectivity index (χ3v) is 2.94. The van der Waals surface area contributed by atoms with Gasteiger partial charge < -0.3 is 5.32 Å². The Morgan fingerprint density at radius 3 is 2.47 bits per heavy atom. The maximum Gasteiger partial charge on any atom is 0.203 e. The summed E-state index contributed by atoms with van der Waals surface area (Å²) in [4.78, 5) is 24.0. The molecule has 17 heavy (non-hydrogen) atoms. The van der Waals surface area contributed by atoms with Crippen LogP contribution in [0.1, 0.15) is 20.8 Å². The molecule has 0 heterocycles. The molecule has 1 N–H and O–H groups in total. The number of thioether (sulfide) groups is 1. The molecule has 0 radical (unpaired) electrons. The molecule has 1 aliphatic rings. The third kappa shape index (κ3) is 4.23. The van der Waals surface area contributed by atoms with Gasteiger partial charge in [-0.3, -0.25) is 9.59 Å². The van der Waals surface area contributed by atoms with Crippen LogP contribution in [0.25, 0.3) is 0 Å². The normalized spacial score (nSPS) is 16.4. The van der Waals surface area contributed by atoms with E-state index in [9.17, 15) is 9.59 Å². The fourth-order valence-electron chi connectivity index (χ4n) is 1.30. The predicted molar refractivity (Wildman–Crippen MR) is 71.7 cm³/mol. The highest BCUT2D eigenvalue weighted by Crippen LogP contribution is 2.22. The topological polar surface area (TPSA) is 46.2 Å². The fraction of sp³-hybridized carbons (Fsp3) is 0.385. The first-order valence-electron chi connectivity index (χ1n) is 5.37. The molecule has 0 aromatic rings. The van der Waals surface area contributed by atoms with Crippen LogP contribution < -0.4 is 5.32 Å². The van der Waals surface area contributed by atoms with Gasteiger partial charge in [0.05, 0.1) is 10.6 Å². The van der Waals surface area contributed by atoms with Crippen LogP contribution in [0.2, 0.25) is 0 Å². The molecule has 0 aliphatic heterocycles. The van der Waals surface area contributed by atoms with Crippen LogP contribution in [0.15, 0.2) is 35.4 Å². The molecule has 1 aliphatic carbocycles. The monoisotopic (exact) mass is 251 g/mol. The minimum absolute atomic E-state index is 0.122. The van der Waals surface area contributed by atoms with E-state index in [1.165, 1.54) is 23.9 Å². The highest BCUT2D eigenvalue weighted by Gasteiger charge is 2.23. The molecular formula is C13H17NO2S. The maximum atomic E-state index is 11.8. The number of carbonyl (C=O) groups is 2. The summed E-state index contributed by atoms with van der Waals surface area (Å²) in [5.41, 5.74) is 0.131. The van der Waals surface area contributed by atoms with Crippen LogP contribution in [0, 0.1) is 0 Å². The summed E-state index contributed by atoms with van der Waals surface area (Å²) in [7, 11) is 0. The quantitative estimate of drug-likeness (QED) is 0.614. The van der Waals surface area contributed by atoms with Crippen molar-refractivity contribution in [2.75, 3.05) is 5.75 Å². The second-order valence-corrected chi connectivity index (χ2v) is 5.83. The molecule has 0 amide bonds. The Morgan fingerprint density at radius 1 is 1.29 bits per heavy atom. The minimum atomic E-state index is -0.235. The van der Waals surface area contributed by atoms with Crippen LogP contribution in [-0.4, -0.2) is 22.9 Å². The van der Waals surface area contributed by atoms with Crippen LogP contribution >= 0.6 is 11.8 Å². The fourth-order valence-corrected chi connectivity index (χ4v) is 1.99. The van der Waals surface area contributed by atoms with Crippen LogP contribution in [0.5, 0.6) is 0 Å². The molecule has 0 fully saturated rings. The molecule has 4 heteroatoms. The van der Waals surface area contributed by atoms with Crippen molar-refractivity contribution in [2.45, 2.75) is 26.3 Å². The molecular weight excluding hydrogens is 234 g/mol. The maximum absolute atomic E-state index is 11.8. The van der Waals surface area contributed by atoms with E-state index in [0.29, 0.717) is 16.4 Å². The molecule has 0 unspecified atom stereocenters. The molecule has 0 spiro atoms. The van der Waals surface area contributed by atoms with E-state index < -0.39 is 0 Å². The molecule has 0 aromatic carbocycles. The number of rotatable bonds is 4. The lowest BCUT2D eigenvalue weighted by Gasteiger charge is -2.24. The van der Waals surface area contributed by atoms with Crippen molar-refractivity contribution in [1.82, 2.24) is 5.32 Å². The first kappa shape index (κ1) is 13.8. The van der Waals surface area contributed by atoms with Gasteiger partial charge in [-0.1, -0.05) is 6.08 Å². The zero-order valence-corrected chi connectivity index (χ0v) is 11.2. The van der Waals surface area contributed by atoms with E-state index in [-0.39, 0.29) is 17.1 Å². The molecule has 1 rings (SSSR count). The van der Waals surface area contributed by atoms with Crippen molar-refractivity contribution < 1.29 is 9.59 Å². The zero-order chi connectivity index (χ0) is 13.1. The van der Waals surface area contributed by atoms with Crippen LogP contribution in [-0.2, 0) is 9.59 Å². The lowest BCUT2D eigenvalue weighted by molar-refractivity contribution is -0.115. The Hall–Kier alpha value is -1.29. The molecule has 0 bridgehead atoms. The van der Waals surface area contributed by atoms with E-state index in [1.807, 2.05) is 20.8 Å². The van der Waals surface area contributed by atoms with E-state index in [0.717, 1.165) is 0 Å². The summed E-state index contributed by atoms with van der Waals surface area (Å²) in [6.45, 7) is 9.41. The SMILES string of the molecule is C=CCSC1=CC(=O)C(NC(C)(C)C)=CC1=O. The van der Waals surface area contributed by atoms with Crippen molar-refractivity contribution in [3.05, 3.63) is 35.4 Å². The minimum Gasteiger partial charge on any atom is -0.377 e. The first-order valence-corrected chi connectivity index (χ1v) is 6.36. The number of carbonyl (C=O) groups excluding carboxylic acids is 2. The van der Waals surface area contributed by atoms with E-state index >= 15 is 0 Å². The molecule has 0 atom stereocenters. The van der Waals surface area contributed by atoms with Gasteiger partial charge in [-0.2, -0.15) is 0 Å². The molecule has 92 valence electrons. The molecule has 0 aromatic heterocycles. The average molecular weight is 251 g/mol. The number of hydrogen-bond acceptors (Lipinski definition) is 4. The first-order chi connectivity index (χ1) is 7.83. The van der Waals surface area contributed by atoms with Gasteiger partial charge in [0, 0.05) is 23.4 Å². The van der Waals surface area contributed by atoms with Gasteiger partial charge >= 0.3 is 0 Å². The van der Waals surface area contributed by atoms with E-state index in [4.69, 9.17) is 0 Å².